The van der Waals surface area contributed by atoms with Gasteiger partial charge in [-0.25, -0.2) is 0 Å². The van der Waals surface area contributed by atoms with Crippen LogP contribution in [-0.4, -0.2) is 14.9 Å². The zero-order chi connectivity index (χ0) is 15.6. The number of hydrogen-bond acceptors (Lipinski definition) is 1. The van der Waals surface area contributed by atoms with Crippen LogP contribution < -0.4 is 24.8 Å². The van der Waals surface area contributed by atoms with E-state index in [0.717, 1.165) is 16.7 Å². The van der Waals surface area contributed by atoms with Gasteiger partial charge in [0.2, 0.25) is 0 Å². The molecule has 0 amide bonds. The summed E-state index contributed by atoms with van der Waals surface area (Å²) >= 11 is -0.549. The van der Waals surface area contributed by atoms with Gasteiger partial charge >= 0.3 is 147 Å². The largest absolute Gasteiger partial charge is 1.00 e. The minimum absolute atomic E-state index is 0. The van der Waals surface area contributed by atoms with E-state index in [9.17, 15) is 0 Å². The van der Waals surface area contributed by atoms with E-state index < -0.39 is 31.6 Å². The first kappa shape index (κ1) is 22.1. The Morgan fingerprint density at radius 2 is 1.92 bits per heavy atom. The number of benzene rings is 1. The molecule has 0 saturated carbocycles. The molecule has 0 fully saturated rings. The summed E-state index contributed by atoms with van der Waals surface area (Å²) in [5.41, 5.74) is 4.50. The fraction of sp³-hybridized carbons (Fsp3) is 0.368. The Morgan fingerprint density at radius 1 is 1.17 bits per heavy atom. The fourth-order valence-electron chi connectivity index (χ4n) is 2.91. The molecule has 0 N–H and O–H groups in total. The molecule has 0 heterocycles. The Bertz CT molecular complexity index is 647. The van der Waals surface area contributed by atoms with Crippen LogP contribution in [0.1, 0.15) is 27.6 Å². The number of rotatable bonds is 6. The predicted octanol–water partition coefficient (Wildman–Crippen LogP) is -0.699. The van der Waals surface area contributed by atoms with Crippen molar-refractivity contribution in [3.05, 3.63) is 62.5 Å². The number of fused-ring (bicyclic) bond motifs is 1. The summed E-state index contributed by atoms with van der Waals surface area (Å²) in [5, 5.41) is 0. The Morgan fingerprint density at radius 3 is 2.67 bits per heavy atom. The maximum absolute atomic E-state index is 5.98. The zero-order valence-corrected chi connectivity index (χ0v) is 19.5. The van der Waals surface area contributed by atoms with E-state index in [2.05, 4.69) is 68.2 Å². The molecule has 1 unspecified atom stereocenters. The molecule has 0 radical (unpaired) electrons. The minimum atomic E-state index is -1.36. The second-order valence-corrected chi connectivity index (χ2v) is 15.3. The average molecular weight is 459 g/mol. The van der Waals surface area contributed by atoms with Crippen LogP contribution >= 0.6 is 0 Å². The predicted molar refractivity (Wildman–Crippen MR) is 92.9 cm³/mol. The van der Waals surface area contributed by atoms with Gasteiger partial charge in [0.1, 0.15) is 0 Å². The van der Waals surface area contributed by atoms with Crippen molar-refractivity contribution in [2.45, 2.75) is 36.1 Å². The van der Waals surface area contributed by atoms with Gasteiger partial charge in [-0.1, -0.05) is 0 Å². The molecule has 0 aliphatic heterocycles. The third-order valence-corrected chi connectivity index (χ3v) is 8.85. The first-order valence-corrected chi connectivity index (χ1v) is 14.1. The monoisotopic (exact) mass is 456 g/mol. The van der Waals surface area contributed by atoms with Gasteiger partial charge in [-0.05, 0) is 0 Å². The van der Waals surface area contributed by atoms with Crippen LogP contribution in [0.5, 0.6) is 0 Å². The molecule has 0 bridgehead atoms. The van der Waals surface area contributed by atoms with Crippen LogP contribution in [0.25, 0.3) is 6.08 Å². The van der Waals surface area contributed by atoms with Crippen LogP contribution in [0.15, 0.2) is 51.3 Å². The Hall–Kier alpha value is 0.0800. The van der Waals surface area contributed by atoms with Crippen molar-refractivity contribution >= 4 is 14.4 Å². The van der Waals surface area contributed by atoms with Crippen LogP contribution in [0.4, 0.5) is 0 Å². The van der Waals surface area contributed by atoms with Gasteiger partial charge in [0.25, 0.3) is 0 Å². The van der Waals surface area contributed by atoms with Gasteiger partial charge in [0, 0.05) is 0 Å². The number of allylic oxidation sites excluding steroid dienone is 4. The molecule has 5 heteroatoms. The summed E-state index contributed by atoms with van der Waals surface area (Å²) in [6, 6.07) is 8.88. The Balaban J connectivity index is 0.00000144. The summed E-state index contributed by atoms with van der Waals surface area (Å²) < 4.78 is 8.45. The summed E-state index contributed by atoms with van der Waals surface area (Å²) in [5.74, 6) is 0. The smallest absolute Gasteiger partial charge is 1.00 e. The van der Waals surface area contributed by atoms with Crippen molar-refractivity contribution in [1.29, 1.82) is 0 Å². The van der Waals surface area contributed by atoms with E-state index in [-0.39, 0.29) is 24.8 Å². The molecule has 24 heavy (non-hydrogen) atoms. The van der Waals surface area contributed by atoms with E-state index in [1.165, 1.54) is 17.6 Å². The number of halogens is 2. The molecular formula is C19H24Cl2OSiZr. The second-order valence-electron chi connectivity index (χ2n) is 6.97. The van der Waals surface area contributed by atoms with Gasteiger partial charge in [-0.2, -0.15) is 0 Å². The van der Waals surface area contributed by atoms with Gasteiger partial charge in [-0.3, -0.25) is 0 Å². The summed E-state index contributed by atoms with van der Waals surface area (Å²) in [4.78, 5) is 0. The molecule has 2 aliphatic rings. The summed E-state index contributed by atoms with van der Waals surface area (Å²) in [6.45, 7) is 7.67. The molecule has 3 rings (SSSR count). The summed E-state index contributed by atoms with van der Waals surface area (Å²) in [7, 11) is -1.36. The SMILES string of the molecule is C[Si](C)(C)OCCC1=CC[C]([Zr+2][CH]2C=Cc3ccccc32)=C1.[Cl-].[Cl-]. The van der Waals surface area contributed by atoms with Crippen molar-refractivity contribution in [1.82, 2.24) is 0 Å². The molecule has 0 aromatic heterocycles. The third-order valence-electron chi connectivity index (χ3n) is 4.01. The average Bonchev–Trinajstić information content (AvgIpc) is 3.06. The topological polar surface area (TPSA) is 9.23 Å². The van der Waals surface area contributed by atoms with Crippen molar-refractivity contribution in [2.24, 2.45) is 0 Å². The quantitative estimate of drug-likeness (QED) is 0.513. The zero-order valence-electron chi connectivity index (χ0n) is 14.5. The molecule has 128 valence electrons. The number of hydrogen-bond donors (Lipinski definition) is 0. The van der Waals surface area contributed by atoms with Crippen molar-refractivity contribution in [3.63, 3.8) is 0 Å². The van der Waals surface area contributed by atoms with E-state index >= 15 is 0 Å². The standard InChI is InChI=1S/C10H17OSi.C9H7.2ClH.Zr/c1-12(2,3)11-9-8-10-6-4-5-7-10;1-2-5-9-7-3-6-8(9)4-1;;;/h6-7H,4,8-9H2,1-3H3;1-7H;2*1H;/q;;;;+2/p-2. The molecule has 1 nitrogen and oxygen atoms in total. The van der Waals surface area contributed by atoms with Gasteiger partial charge < -0.3 is 24.8 Å². The van der Waals surface area contributed by atoms with Crippen LogP contribution in [0.2, 0.25) is 19.6 Å². The molecule has 1 aromatic rings. The first-order chi connectivity index (χ1) is 10.5. The Labute approximate surface area is 171 Å². The molecule has 1 aromatic carbocycles. The van der Waals surface area contributed by atoms with E-state index in [4.69, 9.17) is 4.43 Å². The molecule has 1 atom stereocenters. The van der Waals surface area contributed by atoms with Crippen molar-refractivity contribution < 1.29 is 52.5 Å². The fourth-order valence-corrected chi connectivity index (χ4v) is 7.31. The van der Waals surface area contributed by atoms with Crippen LogP contribution in [0.3, 0.4) is 0 Å². The molecular weight excluding hydrogens is 434 g/mol. The normalized spacial score (nSPS) is 18.0. The van der Waals surface area contributed by atoms with E-state index in [1.54, 1.807) is 8.84 Å². The maximum atomic E-state index is 5.98. The molecule has 0 spiro atoms. The third kappa shape index (κ3) is 6.11. The Kier molecular flexibility index (Phi) is 8.93. The van der Waals surface area contributed by atoms with Crippen molar-refractivity contribution in [2.75, 3.05) is 6.61 Å². The van der Waals surface area contributed by atoms with Crippen LogP contribution in [0, 0.1) is 0 Å². The van der Waals surface area contributed by atoms with Crippen molar-refractivity contribution in [3.8, 4) is 0 Å². The van der Waals surface area contributed by atoms with Gasteiger partial charge in [-0.15, -0.1) is 0 Å². The van der Waals surface area contributed by atoms with Gasteiger partial charge in [0.15, 0.2) is 0 Å². The van der Waals surface area contributed by atoms with Gasteiger partial charge in [0.05, 0.1) is 0 Å². The maximum Gasteiger partial charge on any atom is -1.00 e. The van der Waals surface area contributed by atoms with Crippen LogP contribution in [-0.2, 0) is 27.7 Å². The first-order valence-electron chi connectivity index (χ1n) is 8.08. The van der Waals surface area contributed by atoms with E-state index in [1.807, 2.05) is 0 Å². The molecule has 2 aliphatic carbocycles. The van der Waals surface area contributed by atoms with E-state index in [0.29, 0.717) is 0 Å². The summed E-state index contributed by atoms with van der Waals surface area (Å²) in [6.07, 6.45) is 11.9. The molecule has 0 saturated heterocycles. The second kappa shape index (κ2) is 9.69. The minimum Gasteiger partial charge on any atom is -1.00 e.